The largest absolute Gasteiger partial charge is 0.475 e. The molecule has 0 aliphatic heterocycles. The molecule has 2 atom stereocenters. The third-order valence-electron chi connectivity index (χ3n) is 3.04. The first-order chi connectivity index (χ1) is 8.67. The Balaban J connectivity index is 1.93. The maximum atomic E-state index is 5.55. The number of anilines is 1. The molecule has 1 N–H and O–H groups in total. The minimum Gasteiger partial charge on any atom is -0.475 e. The predicted octanol–water partition coefficient (Wildman–Crippen LogP) is 2.24. The minimum absolute atomic E-state index is 0.122. The van der Waals surface area contributed by atoms with Crippen molar-refractivity contribution in [1.82, 2.24) is 9.97 Å². The Labute approximate surface area is 108 Å². The van der Waals surface area contributed by atoms with Crippen molar-refractivity contribution >= 4 is 5.95 Å². The zero-order valence-corrected chi connectivity index (χ0v) is 11.2. The van der Waals surface area contributed by atoms with Gasteiger partial charge < -0.3 is 14.8 Å². The summed E-state index contributed by atoms with van der Waals surface area (Å²) < 4.78 is 10.9. The highest BCUT2D eigenvalue weighted by atomic mass is 16.5. The second-order valence-corrected chi connectivity index (χ2v) is 4.90. The molecular formula is C13H21N3O2. The SMILES string of the molecule is COC1CCC(Nc2nccc(OC(C)C)n2)C1. The number of methoxy groups -OCH3 is 1. The first-order valence-electron chi connectivity index (χ1n) is 6.46. The molecule has 0 amide bonds. The Morgan fingerprint density at radius 2 is 2.22 bits per heavy atom. The number of rotatable bonds is 5. The van der Waals surface area contributed by atoms with Gasteiger partial charge in [0.1, 0.15) is 0 Å². The summed E-state index contributed by atoms with van der Waals surface area (Å²) in [5.74, 6) is 1.25. The molecule has 0 bridgehead atoms. The van der Waals surface area contributed by atoms with E-state index in [2.05, 4.69) is 15.3 Å². The molecule has 0 saturated heterocycles. The average Bonchev–Trinajstić information content (AvgIpc) is 2.76. The molecule has 1 aromatic rings. The fourth-order valence-electron chi connectivity index (χ4n) is 2.19. The van der Waals surface area contributed by atoms with Crippen LogP contribution >= 0.6 is 0 Å². The van der Waals surface area contributed by atoms with Crippen molar-refractivity contribution in [3.63, 3.8) is 0 Å². The van der Waals surface area contributed by atoms with Crippen molar-refractivity contribution < 1.29 is 9.47 Å². The van der Waals surface area contributed by atoms with Crippen LogP contribution in [0.5, 0.6) is 5.88 Å². The van der Waals surface area contributed by atoms with Gasteiger partial charge in [0.2, 0.25) is 11.8 Å². The first kappa shape index (κ1) is 13.1. The van der Waals surface area contributed by atoms with Gasteiger partial charge >= 0.3 is 0 Å². The zero-order valence-electron chi connectivity index (χ0n) is 11.2. The molecule has 5 nitrogen and oxygen atoms in total. The summed E-state index contributed by atoms with van der Waals surface area (Å²) >= 11 is 0. The van der Waals surface area contributed by atoms with Gasteiger partial charge in [0.15, 0.2) is 0 Å². The highest BCUT2D eigenvalue weighted by Gasteiger charge is 2.24. The molecule has 0 aromatic carbocycles. The van der Waals surface area contributed by atoms with E-state index in [1.165, 1.54) is 0 Å². The van der Waals surface area contributed by atoms with Gasteiger partial charge in [-0.2, -0.15) is 4.98 Å². The van der Waals surface area contributed by atoms with Crippen molar-refractivity contribution in [3.8, 4) is 5.88 Å². The molecular weight excluding hydrogens is 230 g/mol. The van der Waals surface area contributed by atoms with E-state index in [-0.39, 0.29) is 6.10 Å². The summed E-state index contributed by atoms with van der Waals surface area (Å²) in [4.78, 5) is 8.56. The van der Waals surface area contributed by atoms with Crippen molar-refractivity contribution in [2.75, 3.05) is 12.4 Å². The summed E-state index contributed by atoms with van der Waals surface area (Å²) in [5.41, 5.74) is 0. The highest BCUT2D eigenvalue weighted by molar-refractivity contribution is 5.29. The van der Waals surface area contributed by atoms with Gasteiger partial charge in [0.25, 0.3) is 0 Å². The Kier molecular flexibility index (Phi) is 4.36. The maximum Gasteiger partial charge on any atom is 0.226 e. The predicted molar refractivity (Wildman–Crippen MR) is 69.9 cm³/mol. The van der Waals surface area contributed by atoms with Gasteiger partial charge in [0, 0.05) is 25.4 Å². The monoisotopic (exact) mass is 251 g/mol. The van der Waals surface area contributed by atoms with E-state index in [0.717, 1.165) is 19.3 Å². The summed E-state index contributed by atoms with van der Waals surface area (Å²) in [6, 6.07) is 2.17. The first-order valence-corrected chi connectivity index (χ1v) is 6.46. The van der Waals surface area contributed by atoms with Gasteiger partial charge in [-0.25, -0.2) is 4.98 Å². The fourth-order valence-corrected chi connectivity index (χ4v) is 2.19. The van der Waals surface area contributed by atoms with E-state index in [1.807, 2.05) is 13.8 Å². The van der Waals surface area contributed by atoms with E-state index >= 15 is 0 Å². The van der Waals surface area contributed by atoms with Crippen LogP contribution in [0.2, 0.25) is 0 Å². The van der Waals surface area contributed by atoms with Crippen LogP contribution in [0.15, 0.2) is 12.3 Å². The van der Waals surface area contributed by atoms with Gasteiger partial charge in [-0.3, -0.25) is 0 Å². The van der Waals surface area contributed by atoms with E-state index in [9.17, 15) is 0 Å². The summed E-state index contributed by atoms with van der Waals surface area (Å²) in [6.45, 7) is 3.96. The van der Waals surface area contributed by atoms with Crippen molar-refractivity contribution in [2.45, 2.75) is 51.4 Å². The molecule has 100 valence electrons. The smallest absolute Gasteiger partial charge is 0.226 e. The Hall–Kier alpha value is -1.36. The molecule has 1 fully saturated rings. The van der Waals surface area contributed by atoms with E-state index < -0.39 is 0 Å². The molecule has 1 aliphatic rings. The molecule has 0 spiro atoms. The van der Waals surface area contributed by atoms with Crippen LogP contribution in [0, 0.1) is 0 Å². The number of ether oxygens (including phenoxy) is 2. The van der Waals surface area contributed by atoms with Gasteiger partial charge in [-0.1, -0.05) is 0 Å². The fraction of sp³-hybridized carbons (Fsp3) is 0.692. The van der Waals surface area contributed by atoms with Crippen molar-refractivity contribution in [3.05, 3.63) is 12.3 Å². The Bertz CT molecular complexity index is 384. The quantitative estimate of drug-likeness (QED) is 0.869. The standard InChI is InChI=1S/C13H21N3O2/c1-9(2)18-12-6-7-14-13(16-12)15-10-4-5-11(8-10)17-3/h6-7,9-11H,4-5,8H2,1-3H3,(H,14,15,16). The van der Waals surface area contributed by atoms with Crippen LogP contribution in [0.25, 0.3) is 0 Å². The maximum absolute atomic E-state index is 5.55. The second kappa shape index (κ2) is 6.00. The number of aromatic nitrogens is 2. The van der Waals surface area contributed by atoms with Crippen molar-refractivity contribution in [1.29, 1.82) is 0 Å². The zero-order chi connectivity index (χ0) is 13.0. The topological polar surface area (TPSA) is 56.3 Å². The Morgan fingerprint density at radius 3 is 2.89 bits per heavy atom. The molecule has 18 heavy (non-hydrogen) atoms. The molecule has 2 rings (SSSR count). The van der Waals surface area contributed by atoms with E-state index in [0.29, 0.717) is 24.0 Å². The molecule has 2 unspecified atom stereocenters. The summed E-state index contributed by atoms with van der Waals surface area (Å²) in [5, 5.41) is 3.34. The molecule has 1 saturated carbocycles. The lowest BCUT2D eigenvalue weighted by Crippen LogP contribution is -2.19. The van der Waals surface area contributed by atoms with E-state index in [1.54, 1.807) is 19.4 Å². The lowest BCUT2D eigenvalue weighted by Gasteiger charge is -2.14. The van der Waals surface area contributed by atoms with Gasteiger partial charge in [-0.05, 0) is 33.1 Å². The van der Waals surface area contributed by atoms with Crippen molar-refractivity contribution in [2.24, 2.45) is 0 Å². The Morgan fingerprint density at radius 1 is 1.39 bits per heavy atom. The number of hydrogen-bond acceptors (Lipinski definition) is 5. The molecule has 1 aromatic heterocycles. The van der Waals surface area contributed by atoms with Crippen LogP contribution in [-0.2, 0) is 4.74 Å². The van der Waals surface area contributed by atoms with Crippen LogP contribution in [0.1, 0.15) is 33.1 Å². The van der Waals surface area contributed by atoms with Crippen LogP contribution in [-0.4, -0.2) is 35.3 Å². The van der Waals surface area contributed by atoms with Gasteiger partial charge in [0.05, 0.1) is 12.2 Å². The van der Waals surface area contributed by atoms with Crippen LogP contribution in [0.3, 0.4) is 0 Å². The average molecular weight is 251 g/mol. The summed E-state index contributed by atoms with van der Waals surface area (Å²) in [6.07, 6.45) is 5.40. The van der Waals surface area contributed by atoms with Gasteiger partial charge in [-0.15, -0.1) is 0 Å². The highest BCUT2D eigenvalue weighted by Crippen LogP contribution is 2.24. The molecule has 0 radical (unpaired) electrons. The third-order valence-corrected chi connectivity index (χ3v) is 3.04. The van der Waals surface area contributed by atoms with E-state index in [4.69, 9.17) is 9.47 Å². The minimum atomic E-state index is 0.122. The lowest BCUT2D eigenvalue weighted by atomic mass is 10.2. The van der Waals surface area contributed by atoms with Crippen LogP contribution < -0.4 is 10.1 Å². The normalized spacial score (nSPS) is 23.3. The van der Waals surface area contributed by atoms with Crippen LogP contribution in [0.4, 0.5) is 5.95 Å². The molecule has 1 aliphatic carbocycles. The third kappa shape index (κ3) is 3.57. The molecule has 5 heteroatoms. The second-order valence-electron chi connectivity index (χ2n) is 4.90. The number of hydrogen-bond donors (Lipinski definition) is 1. The number of nitrogens with one attached hydrogen (secondary N) is 1. The lowest BCUT2D eigenvalue weighted by molar-refractivity contribution is 0.108. The molecule has 1 heterocycles. The number of nitrogens with zero attached hydrogens (tertiary/aromatic N) is 2. The summed E-state index contributed by atoms with van der Waals surface area (Å²) in [7, 11) is 1.76.